The number of esters is 1. The van der Waals surface area contributed by atoms with Gasteiger partial charge in [-0.25, -0.2) is 19.6 Å². The molecule has 61 heavy (non-hydrogen) atoms. The van der Waals surface area contributed by atoms with Crippen molar-refractivity contribution in [3.63, 3.8) is 0 Å². The fourth-order valence-electron chi connectivity index (χ4n) is 8.20. The lowest BCUT2D eigenvalue weighted by Gasteiger charge is -2.34. The van der Waals surface area contributed by atoms with Crippen LogP contribution in [0.3, 0.4) is 0 Å². The lowest BCUT2D eigenvalue weighted by Crippen LogP contribution is -2.60. The summed E-state index contributed by atoms with van der Waals surface area (Å²) in [5.41, 5.74) is 1.45. The van der Waals surface area contributed by atoms with Crippen LogP contribution < -0.4 is 30.7 Å². The van der Waals surface area contributed by atoms with Crippen molar-refractivity contribution in [2.45, 2.75) is 103 Å². The Labute approximate surface area is 359 Å². The van der Waals surface area contributed by atoms with E-state index >= 15 is 0 Å². The Balaban J connectivity index is 1.19. The summed E-state index contributed by atoms with van der Waals surface area (Å²) < 4.78 is 17.6. The molecule has 2 aromatic heterocycles. The van der Waals surface area contributed by atoms with Gasteiger partial charge in [-0.15, -0.1) is 17.9 Å². The zero-order valence-corrected chi connectivity index (χ0v) is 36.4. The summed E-state index contributed by atoms with van der Waals surface area (Å²) in [5.74, 6) is -0.922. The Morgan fingerprint density at radius 2 is 1.87 bits per heavy atom. The summed E-state index contributed by atoms with van der Waals surface area (Å²) in [7, 11) is 1.58. The van der Waals surface area contributed by atoms with Crippen LogP contribution in [-0.2, 0) is 25.5 Å². The van der Waals surface area contributed by atoms with Crippen molar-refractivity contribution in [2.24, 2.45) is 11.3 Å². The molecule has 5 N–H and O–H groups in total. The Kier molecular flexibility index (Phi) is 12.3. The fourth-order valence-corrected chi connectivity index (χ4v) is 9.05. The summed E-state index contributed by atoms with van der Waals surface area (Å²) in [6.07, 6.45) is 0.818. The van der Waals surface area contributed by atoms with E-state index < -0.39 is 65.1 Å². The Morgan fingerprint density at radius 1 is 1.10 bits per heavy atom. The van der Waals surface area contributed by atoms with E-state index in [1.807, 2.05) is 70.3 Å². The van der Waals surface area contributed by atoms with Gasteiger partial charge in [0.25, 0.3) is 0 Å². The van der Waals surface area contributed by atoms with Crippen LogP contribution >= 0.6 is 11.3 Å². The van der Waals surface area contributed by atoms with Gasteiger partial charge in [-0.2, -0.15) is 0 Å². The van der Waals surface area contributed by atoms with Gasteiger partial charge in [0.1, 0.15) is 40.9 Å². The maximum Gasteiger partial charge on any atom is 0.332 e. The predicted molar refractivity (Wildman–Crippen MR) is 232 cm³/mol. The first-order valence-corrected chi connectivity index (χ1v) is 21.6. The number of methoxy groups -OCH3 is 1. The van der Waals surface area contributed by atoms with Crippen LogP contribution in [0.1, 0.15) is 71.6 Å². The number of aliphatic hydroxyl groups excluding tert-OH is 1. The molecule has 3 aliphatic rings. The molecule has 15 nitrogen and oxygen atoms in total. The molecule has 7 atom stereocenters. The molecule has 324 valence electrons. The van der Waals surface area contributed by atoms with Crippen LogP contribution in [0.4, 0.5) is 9.93 Å². The average Bonchev–Trinajstić information content (AvgIpc) is 3.47. The van der Waals surface area contributed by atoms with Crippen molar-refractivity contribution in [2.75, 3.05) is 25.6 Å². The smallest absolute Gasteiger partial charge is 0.332 e. The van der Waals surface area contributed by atoms with Gasteiger partial charge in [-0.3, -0.25) is 9.59 Å². The molecule has 2 aromatic carbocycles. The number of pyridine rings is 1. The van der Waals surface area contributed by atoms with Gasteiger partial charge >= 0.3 is 12.0 Å². The van der Waals surface area contributed by atoms with Gasteiger partial charge in [0.2, 0.25) is 11.8 Å². The topological polar surface area (TPSA) is 193 Å². The van der Waals surface area contributed by atoms with Gasteiger partial charge in [-0.05, 0) is 55.9 Å². The second-order valence-electron chi connectivity index (χ2n) is 17.3. The minimum atomic E-state index is -1.31. The quantitative estimate of drug-likeness (QED) is 0.0791. The Morgan fingerprint density at radius 3 is 2.56 bits per heavy atom. The monoisotopic (exact) mass is 853 g/mol. The first-order chi connectivity index (χ1) is 29.0. The number of benzene rings is 2. The van der Waals surface area contributed by atoms with E-state index in [2.05, 4.69) is 27.8 Å². The standard InChI is InChI=1S/C45H55N7O8S/c1-9-26-21-45(26,41(56)59-10-2)51-39(54)34-19-28(60-36-20-32(33-23-61-42(48-33)46-24(3)4)47-31-18-27(58-8)15-16-30(31)36)22-52(34)43(57)50-38(44(5,6)7)40(55)49-37-29-14-12-11-13-25(29)17-35(37)53/h9,11-16,18,20,23-24,26,28,34-35,37-38,53H,1,10,17,19,21-22H2,2-8H3,(H,46,48)(H,49,55)(H,50,57)(H,51,54). The Bertz CT molecular complexity index is 2330. The highest BCUT2D eigenvalue weighted by molar-refractivity contribution is 7.14. The second-order valence-corrected chi connectivity index (χ2v) is 18.2. The maximum absolute atomic E-state index is 14.6. The number of anilines is 1. The number of carbonyl (C=O) groups is 4. The highest BCUT2D eigenvalue weighted by Crippen LogP contribution is 2.46. The number of aromatic nitrogens is 2. The fraction of sp³-hybridized carbons (Fsp3) is 0.467. The molecular formula is C45H55N7O8S. The molecule has 1 saturated carbocycles. The molecule has 3 heterocycles. The van der Waals surface area contributed by atoms with E-state index in [4.69, 9.17) is 24.2 Å². The number of hydrogen-bond acceptors (Lipinski definition) is 12. The lowest BCUT2D eigenvalue weighted by molar-refractivity contribution is -0.149. The number of hydrogen-bond donors (Lipinski definition) is 5. The third kappa shape index (κ3) is 9.01. The number of fused-ring (bicyclic) bond motifs is 2. The molecule has 2 fully saturated rings. The molecule has 1 aliphatic heterocycles. The summed E-state index contributed by atoms with van der Waals surface area (Å²) in [5, 5.41) is 26.4. The van der Waals surface area contributed by atoms with Crippen LogP contribution in [-0.4, -0.2) is 99.9 Å². The Hall–Kier alpha value is -5.74. The van der Waals surface area contributed by atoms with E-state index in [9.17, 15) is 24.3 Å². The van der Waals surface area contributed by atoms with Crippen LogP contribution in [0.15, 0.2) is 66.6 Å². The highest BCUT2D eigenvalue weighted by Gasteiger charge is 2.62. The molecule has 2 aliphatic carbocycles. The minimum Gasteiger partial charge on any atom is -0.497 e. The van der Waals surface area contributed by atoms with E-state index in [-0.39, 0.29) is 31.5 Å². The number of thiazole rings is 1. The summed E-state index contributed by atoms with van der Waals surface area (Å²) >= 11 is 1.46. The lowest BCUT2D eigenvalue weighted by atomic mass is 9.86. The molecule has 0 spiro atoms. The molecular weight excluding hydrogens is 799 g/mol. The third-order valence-electron chi connectivity index (χ3n) is 11.5. The van der Waals surface area contributed by atoms with Crippen molar-refractivity contribution >= 4 is 51.2 Å². The highest BCUT2D eigenvalue weighted by atomic mass is 32.1. The second kappa shape index (κ2) is 17.3. The third-order valence-corrected chi connectivity index (χ3v) is 12.2. The number of amides is 4. The summed E-state index contributed by atoms with van der Waals surface area (Å²) in [6.45, 7) is 15.2. The number of nitrogens with one attached hydrogen (secondary N) is 4. The van der Waals surface area contributed by atoms with Crippen LogP contribution in [0, 0.1) is 11.3 Å². The minimum absolute atomic E-state index is 0.0388. The molecule has 0 bridgehead atoms. The normalized spacial score (nSPS) is 23.5. The van der Waals surface area contributed by atoms with E-state index in [0.29, 0.717) is 46.6 Å². The van der Waals surface area contributed by atoms with Crippen molar-refractivity contribution in [1.82, 2.24) is 30.8 Å². The number of nitrogens with zero attached hydrogens (tertiary/aromatic N) is 3. The van der Waals surface area contributed by atoms with E-state index in [0.717, 1.165) is 16.3 Å². The average molecular weight is 854 g/mol. The van der Waals surface area contributed by atoms with Gasteiger partial charge in [0.15, 0.2) is 5.13 Å². The molecule has 7 unspecified atom stereocenters. The van der Waals surface area contributed by atoms with Gasteiger partial charge in [0, 0.05) is 47.7 Å². The maximum atomic E-state index is 14.6. The van der Waals surface area contributed by atoms with Crippen LogP contribution in [0.5, 0.6) is 11.5 Å². The summed E-state index contributed by atoms with van der Waals surface area (Å²) in [4.78, 5) is 67.3. The predicted octanol–water partition coefficient (Wildman–Crippen LogP) is 5.53. The molecule has 7 rings (SSSR count). The van der Waals surface area contributed by atoms with Gasteiger partial charge in [-0.1, -0.05) is 51.1 Å². The summed E-state index contributed by atoms with van der Waals surface area (Å²) in [6, 6.07) is 11.4. The number of aliphatic hydroxyl groups is 1. The largest absolute Gasteiger partial charge is 0.497 e. The van der Waals surface area contributed by atoms with Crippen LogP contribution in [0.2, 0.25) is 0 Å². The van der Waals surface area contributed by atoms with Crippen molar-refractivity contribution in [3.8, 4) is 22.9 Å². The van der Waals surface area contributed by atoms with E-state index in [1.165, 1.54) is 16.2 Å². The number of carbonyl (C=O) groups excluding carboxylic acids is 4. The number of ether oxygens (including phenoxy) is 3. The molecule has 1 saturated heterocycles. The molecule has 0 radical (unpaired) electrons. The van der Waals surface area contributed by atoms with E-state index in [1.54, 1.807) is 38.3 Å². The van der Waals surface area contributed by atoms with Gasteiger partial charge < -0.3 is 45.5 Å². The zero-order chi connectivity index (χ0) is 43.8. The van der Waals surface area contributed by atoms with Crippen molar-refractivity contribution < 1.29 is 38.5 Å². The SMILES string of the molecule is C=CC1CC1(NC(=O)C1CC(Oc2cc(-c3csc(NC(C)C)n3)nc3cc(OC)ccc23)CN1C(=O)NC(C(=O)NC1c2ccccc2CC1O)C(C)(C)C)C(=O)OCC. The first kappa shape index (κ1) is 43.4. The van der Waals surface area contributed by atoms with Crippen molar-refractivity contribution in [1.29, 1.82) is 0 Å². The zero-order valence-electron chi connectivity index (χ0n) is 35.6. The molecule has 16 heteroatoms. The number of rotatable bonds is 14. The van der Waals surface area contributed by atoms with Gasteiger partial charge in [0.05, 0.1) is 43.6 Å². The molecule has 4 amide bonds. The first-order valence-electron chi connectivity index (χ1n) is 20.7. The number of urea groups is 1. The van der Waals surface area contributed by atoms with Crippen molar-refractivity contribution in [3.05, 3.63) is 77.7 Å². The number of likely N-dealkylation sites (tertiary alicyclic amines) is 1. The molecule has 4 aromatic rings. The van der Waals surface area contributed by atoms with Crippen LogP contribution in [0.25, 0.3) is 22.3 Å².